The van der Waals surface area contributed by atoms with E-state index in [1.165, 1.54) is 0 Å². The zero-order valence-corrected chi connectivity index (χ0v) is 18.2. The highest BCUT2D eigenvalue weighted by Crippen LogP contribution is 2.42. The standard InChI is InChI=1S/C24H23N3O4S/c28-21(25-11-12-31-18-8-7-16-4-1-2-5-17(16)14-18)15-27-22(29)24(26-23(27)30)10-3-6-20-19(24)9-13-32-20/h1-2,4-5,7-9,13-14H,3,6,10-12,15H2,(H,25,28)(H,26,30)/t24-/m0/s1. The number of thiophene rings is 1. The van der Waals surface area contributed by atoms with Crippen LogP contribution < -0.4 is 15.4 Å². The summed E-state index contributed by atoms with van der Waals surface area (Å²) in [7, 11) is 0. The number of carbonyl (C=O) groups excluding carboxylic acids is 3. The minimum atomic E-state index is -1.02. The largest absolute Gasteiger partial charge is 0.492 e. The average Bonchev–Trinajstić information content (AvgIpc) is 3.37. The Labute approximate surface area is 189 Å². The van der Waals surface area contributed by atoms with Crippen LogP contribution in [-0.4, -0.2) is 42.4 Å². The molecule has 2 heterocycles. The minimum Gasteiger partial charge on any atom is -0.492 e. The lowest BCUT2D eigenvalue weighted by atomic mass is 9.80. The Balaban J connectivity index is 1.15. The van der Waals surface area contributed by atoms with E-state index in [-0.39, 0.29) is 25.6 Å². The van der Waals surface area contributed by atoms with E-state index >= 15 is 0 Å². The first kappa shape index (κ1) is 20.5. The summed E-state index contributed by atoms with van der Waals surface area (Å²) in [5, 5.41) is 9.75. The number of imide groups is 1. The number of amides is 4. The fraction of sp³-hybridized carbons (Fsp3) is 0.292. The van der Waals surface area contributed by atoms with Crippen molar-refractivity contribution in [2.75, 3.05) is 19.7 Å². The maximum Gasteiger partial charge on any atom is 0.325 e. The van der Waals surface area contributed by atoms with Gasteiger partial charge in [-0.05, 0) is 53.6 Å². The summed E-state index contributed by atoms with van der Waals surface area (Å²) in [4.78, 5) is 40.2. The molecule has 1 saturated heterocycles. The van der Waals surface area contributed by atoms with Crippen molar-refractivity contribution in [3.63, 3.8) is 0 Å². The van der Waals surface area contributed by atoms with Crippen molar-refractivity contribution >= 4 is 40.0 Å². The van der Waals surface area contributed by atoms with Crippen molar-refractivity contribution < 1.29 is 19.1 Å². The third-order valence-electron chi connectivity index (χ3n) is 6.05. The molecule has 0 saturated carbocycles. The Morgan fingerprint density at radius 2 is 2.00 bits per heavy atom. The Hall–Kier alpha value is -3.39. The highest BCUT2D eigenvalue weighted by molar-refractivity contribution is 7.10. The van der Waals surface area contributed by atoms with Gasteiger partial charge >= 0.3 is 6.03 Å². The van der Waals surface area contributed by atoms with Gasteiger partial charge in [-0.3, -0.25) is 14.5 Å². The van der Waals surface area contributed by atoms with Crippen LogP contribution in [-0.2, 0) is 21.5 Å². The van der Waals surface area contributed by atoms with Crippen molar-refractivity contribution in [3.8, 4) is 5.75 Å². The van der Waals surface area contributed by atoms with Gasteiger partial charge in [0.1, 0.15) is 24.4 Å². The Bertz CT molecular complexity index is 1210. The van der Waals surface area contributed by atoms with Gasteiger partial charge in [-0.25, -0.2) is 4.79 Å². The molecule has 164 valence electrons. The number of nitrogens with zero attached hydrogens (tertiary/aromatic N) is 1. The van der Waals surface area contributed by atoms with E-state index in [2.05, 4.69) is 10.6 Å². The normalized spacial score (nSPS) is 19.8. The lowest BCUT2D eigenvalue weighted by Crippen LogP contribution is -2.47. The monoisotopic (exact) mass is 449 g/mol. The molecule has 1 aliphatic heterocycles. The molecule has 2 aromatic carbocycles. The third-order valence-corrected chi connectivity index (χ3v) is 7.03. The number of rotatable bonds is 6. The number of fused-ring (bicyclic) bond motifs is 3. The zero-order valence-electron chi connectivity index (χ0n) is 17.4. The maximum atomic E-state index is 13.2. The summed E-state index contributed by atoms with van der Waals surface area (Å²) in [5.41, 5.74) is -0.150. The van der Waals surface area contributed by atoms with E-state index in [0.29, 0.717) is 6.42 Å². The molecule has 7 nitrogen and oxygen atoms in total. The molecule has 3 aromatic rings. The lowest BCUT2D eigenvalue weighted by molar-refractivity contribution is -0.135. The second-order valence-corrected chi connectivity index (χ2v) is 9.05. The SMILES string of the molecule is O=C(CN1C(=O)N[C@]2(CCCc3sccc32)C1=O)NCCOc1ccc2ccccc2c1. The summed E-state index contributed by atoms with van der Waals surface area (Å²) >= 11 is 1.60. The quantitative estimate of drug-likeness (QED) is 0.447. The predicted octanol–water partition coefficient (Wildman–Crippen LogP) is 3.18. The Kier molecular flexibility index (Phi) is 5.30. The smallest absolute Gasteiger partial charge is 0.325 e. The van der Waals surface area contributed by atoms with Gasteiger partial charge in [0, 0.05) is 10.4 Å². The van der Waals surface area contributed by atoms with E-state index in [1.54, 1.807) is 11.3 Å². The molecule has 5 rings (SSSR count). The number of benzene rings is 2. The van der Waals surface area contributed by atoms with Gasteiger partial charge in [0.2, 0.25) is 5.91 Å². The molecule has 0 bridgehead atoms. The lowest BCUT2D eigenvalue weighted by Gasteiger charge is -2.31. The van der Waals surface area contributed by atoms with Crippen LogP contribution in [0.5, 0.6) is 5.75 Å². The second-order valence-electron chi connectivity index (χ2n) is 8.05. The molecule has 2 N–H and O–H groups in total. The summed E-state index contributed by atoms with van der Waals surface area (Å²) in [6.45, 7) is 0.253. The van der Waals surface area contributed by atoms with Gasteiger partial charge < -0.3 is 15.4 Å². The molecule has 0 radical (unpaired) electrons. The Morgan fingerprint density at radius 1 is 1.16 bits per heavy atom. The molecule has 32 heavy (non-hydrogen) atoms. The van der Waals surface area contributed by atoms with E-state index in [4.69, 9.17) is 4.74 Å². The van der Waals surface area contributed by atoms with Crippen molar-refractivity contribution in [1.82, 2.24) is 15.5 Å². The van der Waals surface area contributed by atoms with E-state index in [0.717, 1.165) is 44.7 Å². The molecular formula is C24H23N3O4S. The van der Waals surface area contributed by atoms with Crippen LogP contribution in [0.15, 0.2) is 53.9 Å². The highest BCUT2D eigenvalue weighted by Gasteiger charge is 2.54. The summed E-state index contributed by atoms with van der Waals surface area (Å²) in [5.74, 6) is -0.0173. The van der Waals surface area contributed by atoms with Crippen molar-refractivity contribution in [2.24, 2.45) is 0 Å². The van der Waals surface area contributed by atoms with Crippen molar-refractivity contribution in [1.29, 1.82) is 0 Å². The molecule has 1 fully saturated rings. The molecule has 1 spiro atoms. The predicted molar refractivity (Wildman–Crippen MR) is 122 cm³/mol. The number of ether oxygens (including phenoxy) is 1. The first-order valence-corrected chi connectivity index (χ1v) is 11.5. The number of aryl methyl sites for hydroxylation is 1. The van der Waals surface area contributed by atoms with Gasteiger partial charge in [0.25, 0.3) is 5.91 Å². The first-order valence-electron chi connectivity index (χ1n) is 10.7. The number of hydrogen-bond acceptors (Lipinski definition) is 5. The van der Waals surface area contributed by atoms with E-state index in [1.807, 2.05) is 53.9 Å². The van der Waals surface area contributed by atoms with Crippen LogP contribution in [0.1, 0.15) is 23.3 Å². The highest BCUT2D eigenvalue weighted by atomic mass is 32.1. The maximum absolute atomic E-state index is 13.2. The molecule has 8 heteroatoms. The molecule has 2 aliphatic rings. The van der Waals surface area contributed by atoms with Crippen LogP contribution in [0.4, 0.5) is 4.79 Å². The van der Waals surface area contributed by atoms with Gasteiger partial charge in [0.05, 0.1) is 6.54 Å². The van der Waals surface area contributed by atoms with E-state index < -0.39 is 17.5 Å². The topological polar surface area (TPSA) is 87.7 Å². The minimum absolute atomic E-state index is 0.273. The van der Waals surface area contributed by atoms with Crippen molar-refractivity contribution in [3.05, 3.63) is 64.4 Å². The van der Waals surface area contributed by atoms with Crippen LogP contribution in [0.3, 0.4) is 0 Å². The fourth-order valence-electron chi connectivity index (χ4n) is 4.50. The fourth-order valence-corrected chi connectivity index (χ4v) is 5.50. The summed E-state index contributed by atoms with van der Waals surface area (Å²) in [6.07, 6.45) is 2.29. The first-order chi connectivity index (χ1) is 15.6. The third kappa shape index (κ3) is 3.60. The van der Waals surface area contributed by atoms with Gasteiger partial charge in [0.15, 0.2) is 0 Å². The molecular weight excluding hydrogens is 426 g/mol. The van der Waals surface area contributed by atoms with Gasteiger partial charge in [-0.1, -0.05) is 30.3 Å². The Morgan fingerprint density at radius 3 is 2.88 bits per heavy atom. The molecule has 1 atom stereocenters. The van der Waals surface area contributed by atoms with Gasteiger partial charge in [-0.15, -0.1) is 11.3 Å². The number of nitrogens with one attached hydrogen (secondary N) is 2. The molecule has 0 unspecified atom stereocenters. The summed E-state index contributed by atoms with van der Waals surface area (Å²) in [6, 6.07) is 15.2. The number of hydrogen-bond donors (Lipinski definition) is 2. The second kappa shape index (κ2) is 8.27. The van der Waals surface area contributed by atoms with Crippen LogP contribution in [0.25, 0.3) is 10.8 Å². The molecule has 4 amide bonds. The zero-order chi connectivity index (χ0) is 22.1. The van der Waals surface area contributed by atoms with Crippen LogP contribution >= 0.6 is 11.3 Å². The van der Waals surface area contributed by atoms with Crippen molar-refractivity contribution in [2.45, 2.75) is 24.8 Å². The summed E-state index contributed by atoms with van der Waals surface area (Å²) < 4.78 is 5.72. The number of carbonyl (C=O) groups is 3. The molecule has 1 aliphatic carbocycles. The van der Waals surface area contributed by atoms with Crippen LogP contribution in [0.2, 0.25) is 0 Å². The number of urea groups is 1. The van der Waals surface area contributed by atoms with Crippen LogP contribution in [0, 0.1) is 0 Å². The van der Waals surface area contributed by atoms with Gasteiger partial charge in [-0.2, -0.15) is 0 Å². The van der Waals surface area contributed by atoms with E-state index in [9.17, 15) is 14.4 Å². The average molecular weight is 450 g/mol. The molecule has 1 aromatic heterocycles.